The highest BCUT2D eigenvalue weighted by Gasteiger charge is 2.10. The molecule has 0 aliphatic rings. The number of para-hydroxylation sites is 1. The number of carbonyl (C=O) groups is 1. The monoisotopic (exact) mass is 536 g/mol. The molecule has 1 amide bonds. The number of ether oxygens (including phenoxy) is 1. The maximum Gasteiger partial charge on any atom is 0.284 e. The van der Waals surface area contributed by atoms with Crippen molar-refractivity contribution in [3.8, 4) is 5.75 Å². The minimum Gasteiger partial charge on any atom is -0.488 e. The Hall–Kier alpha value is -1.75. The van der Waals surface area contributed by atoms with Crippen molar-refractivity contribution in [2.24, 2.45) is 10.7 Å². The second-order valence-electron chi connectivity index (χ2n) is 5.30. The van der Waals surface area contributed by atoms with Gasteiger partial charge in [-0.15, -0.1) is 24.0 Å². The van der Waals surface area contributed by atoms with Gasteiger partial charge in [-0.1, -0.05) is 12.1 Å². The molecule has 1 aromatic carbocycles. The lowest BCUT2D eigenvalue weighted by Crippen LogP contribution is -2.41. The van der Waals surface area contributed by atoms with Crippen LogP contribution >= 0.6 is 39.9 Å². The summed E-state index contributed by atoms with van der Waals surface area (Å²) in [5.74, 6) is 1.52. The first-order valence-electron chi connectivity index (χ1n) is 7.73. The van der Waals surface area contributed by atoms with E-state index in [0.717, 1.165) is 10.2 Å². The van der Waals surface area contributed by atoms with E-state index in [1.165, 1.54) is 0 Å². The van der Waals surface area contributed by atoms with Crippen LogP contribution in [0, 0.1) is 0 Å². The molecule has 142 valence electrons. The molecule has 2 aromatic rings. The molecule has 1 aromatic heterocycles. The van der Waals surface area contributed by atoms with Crippen LogP contribution in [0.1, 0.15) is 23.2 Å². The number of guanidine groups is 1. The molecule has 2 rings (SSSR count). The lowest BCUT2D eigenvalue weighted by atomic mass is 10.3. The second-order valence-corrected chi connectivity index (χ2v) is 6.15. The van der Waals surface area contributed by atoms with Crippen molar-refractivity contribution in [2.75, 3.05) is 13.6 Å². The first-order valence-corrected chi connectivity index (χ1v) is 8.53. The zero-order valence-corrected chi connectivity index (χ0v) is 18.4. The number of rotatable bonds is 7. The summed E-state index contributed by atoms with van der Waals surface area (Å²) in [6.07, 6.45) is -0.0673. The van der Waals surface area contributed by atoms with E-state index in [4.69, 9.17) is 14.9 Å². The van der Waals surface area contributed by atoms with E-state index in [2.05, 4.69) is 31.6 Å². The van der Waals surface area contributed by atoms with Gasteiger partial charge in [0.25, 0.3) is 5.91 Å². The molecule has 0 spiro atoms. The highest BCUT2D eigenvalue weighted by atomic mass is 127. The summed E-state index contributed by atoms with van der Waals surface area (Å²) < 4.78 is 12.1. The Balaban J connectivity index is 0.00000338. The van der Waals surface area contributed by atoms with Crippen molar-refractivity contribution >= 4 is 51.8 Å². The molecule has 0 aliphatic heterocycles. The Morgan fingerprint density at radius 2 is 2.04 bits per heavy atom. The van der Waals surface area contributed by atoms with Crippen molar-refractivity contribution in [1.29, 1.82) is 0 Å². The van der Waals surface area contributed by atoms with Crippen molar-refractivity contribution < 1.29 is 13.9 Å². The van der Waals surface area contributed by atoms with E-state index in [0.29, 0.717) is 24.8 Å². The summed E-state index contributed by atoms with van der Waals surface area (Å²) in [5.41, 5.74) is 5.16. The minimum absolute atomic E-state index is 0. The number of hydrogen-bond donors (Lipinski definition) is 3. The quantitative estimate of drug-likeness (QED) is 0.287. The number of halogens is 2. The summed E-state index contributed by atoms with van der Waals surface area (Å²) in [7, 11) is 1.67. The standard InChI is InChI=1S/C17H21BrN4O3.HI/c1-11(24-14-6-4-3-5-13(14)18)9-21-17(20-2)22-10-12-7-8-15(25-12)16(19)23;/h3-8,11H,9-10H2,1-2H3,(H2,19,23)(H2,20,21,22);1H. The predicted molar refractivity (Wildman–Crippen MR) is 115 cm³/mol. The number of furan rings is 1. The third kappa shape index (κ3) is 6.87. The molecule has 7 nitrogen and oxygen atoms in total. The minimum atomic E-state index is -0.591. The maximum atomic E-state index is 11.0. The number of aliphatic imine (C=N–C) groups is 1. The number of hydrogen-bond acceptors (Lipinski definition) is 4. The third-order valence-corrected chi connectivity index (χ3v) is 3.94. The fraction of sp³-hybridized carbons (Fsp3) is 0.294. The van der Waals surface area contributed by atoms with E-state index in [1.807, 2.05) is 31.2 Å². The molecule has 1 atom stereocenters. The molecule has 1 heterocycles. The van der Waals surface area contributed by atoms with Crippen molar-refractivity contribution in [1.82, 2.24) is 10.6 Å². The third-order valence-electron chi connectivity index (χ3n) is 3.28. The van der Waals surface area contributed by atoms with Crippen LogP contribution in [0.5, 0.6) is 5.75 Å². The Kier molecular flexibility index (Phi) is 9.49. The molecule has 0 saturated heterocycles. The Labute approximate surface area is 177 Å². The molecule has 0 bridgehead atoms. The topological polar surface area (TPSA) is 102 Å². The molecule has 0 fully saturated rings. The van der Waals surface area contributed by atoms with Crippen LogP contribution in [0.3, 0.4) is 0 Å². The lowest BCUT2D eigenvalue weighted by molar-refractivity contribution is 0.0972. The van der Waals surface area contributed by atoms with Crippen LogP contribution in [0.2, 0.25) is 0 Å². The average molecular weight is 537 g/mol. The van der Waals surface area contributed by atoms with Crippen LogP contribution in [0.4, 0.5) is 0 Å². The van der Waals surface area contributed by atoms with Gasteiger partial charge in [0.05, 0.1) is 17.6 Å². The fourth-order valence-electron chi connectivity index (χ4n) is 2.04. The largest absolute Gasteiger partial charge is 0.488 e. The summed E-state index contributed by atoms with van der Waals surface area (Å²) in [5, 5.41) is 6.27. The molecular weight excluding hydrogens is 515 g/mol. The van der Waals surface area contributed by atoms with E-state index in [-0.39, 0.29) is 35.8 Å². The summed E-state index contributed by atoms with van der Waals surface area (Å²) in [6, 6.07) is 10.9. The van der Waals surface area contributed by atoms with Gasteiger partial charge in [0.1, 0.15) is 17.6 Å². The number of amides is 1. The average Bonchev–Trinajstić information content (AvgIpc) is 3.06. The first kappa shape index (κ1) is 22.3. The summed E-state index contributed by atoms with van der Waals surface area (Å²) >= 11 is 3.46. The summed E-state index contributed by atoms with van der Waals surface area (Å²) in [6.45, 7) is 2.91. The number of carbonyl (C=O) groups excluding carboxylic acids is 1. The van der Waals surface area contributed by atoms with Gasteiger partial charge in [-0.2, -0.15) is 0 Å². The van der Waals surface area contributed by atoms with Gasteiger partial charge in [0, 0.05) is 7.05 Å². The number of primary amides is 1. The SMILES string of the molecule is CN=C(NCc1ccc(C(N)=O)o1)NCC(C)Oc1ccccc1Br.I. The number of nitrogens with zero attached hydrogens (tertiary/aromatic N) is 1. The fourth-order valence-corrected chi connectivity index (χ4v) is 2.41. The van der Waals surface area contributed by atoms with Crippen molar-refractivity contribution in [3.63, 3.8) is 0 Å². The Morgan fingerprint density at radius 3 is 2.65 bits per heavy atom. The highest BCUT2D eigenvalue weighted by Crippen LogP contribution is 2.24. The number of nitrogens with two attached hydrogens (primary N) is 1. The maximum absolute atomic E-state index is 11.0. The highest BCUT2D eigenvalue weighted by molar-refractivity contribution is 14.0. The van der Waals surface area contributed by atoms with E-state index in [1.54, 1.807) is 19.2 Å². The van der Waals surface area contributed by atoms with E-state index in [9.17, 15) is 4.79 Å². The molecule has 4 N–H and O–H groups in total. The Bertz CT molecular complexity index is 751. The predicted octanol–water partition coefficient (Wildman–Crippen LogP) is 2.89. The van der Waals surface area contributed by atoms with Crippen molar-refractivity contribution in [2.45, 2.75) is 19.6 Å². The van der Waals surface area contributed by atoms with Gasteiger partial charge >= 0.3 is 0 Å². The van der Waals surface area contributed by atoms with Gasteiger partial charge < -0.3 is 25.5 Å². The van der Waals surface area contributed by atoms with Gasteiger partial charge in [0.2, 0.25) is 0 Å². The number of benzene rings is 1. The molecule has 0 saturated carbocycles. The van der Waals surface area contributed by atoms with E-state index < -0.39 is 5.91 Å². The van der Waals surface area contributed by atoms with Crippen LogP contribution in [-0.4, -0.2) is 31.6 Å². The van der Waals surface area contributed by atoms with Crippen LogP contribution < -0.4 is 21.1 Å². The smallest absolute Gasteiger partial charge is 0.284 e. The van der Waals surface area contributed by atoms with Gasteiger partial charge in [-0.25, -0.2) is 0 Å². The van der Waals surface area contributed by atoms with Gasteiger partial charge in [0.15, 0.2) is 11.7 Å². The summed E-state index contributed by atoms with van der Waals surface area (Å²) in [4.78, 5) is 15.2. The van der Waals surface area contributed by atoms with E-state index >= 15 is 0 Å². The molecule has 0 aliphatic carbocycles. The molecule has 1 unspecified atom stereocenters. The normalized spacial score (nSPS) is 12.0. The zero-order valence-electron chi connectivity index (χ0n) is 14.5. The molecule has 0 radical (unpaired) electrons. The zero-order chi connectivity index (χ0) is 18.2. The van der Waals surface area contributed by atoms with Crippen LogP contribution in [0.25, 0.3) is 0 Å². The van der Waals surface area contributed by atoms with Gasteiger partial charge in [-0.3, -0.25) is 9.79 Å². The molecular formula is C17H22BrIN4O3. The van der Waals surface area contributed by atoms with Gasteiger partial charge in [-0.05, 0) is 47.1 Å². The molecule has 26 heavy (non-hydrogen) atoms. The first-order chi connectivity index (χ1) is 12.0. The Morgan fingerprint density at radius 1 is 1.31 bits per heavy atom. The second kappa shape index (κ2) is 11.1. The van der Waals surface area contributed by atoms with Crippen LogP contribution in [0.15, 0.2) is 50.3 Å². The van der Waals surface area contributed by atoms with Crippen molar-refractivity contribution in [3.05, 3.63) is 52.4 Å². The number of nitrogens with one attached hydrogen (secondary N) is 2. The lowest BCUT2D eigenvalue weighted by Gasteiger charge is -2.18. The van der Waals surface area contributed by atoms with Crippen LogP contribution in [-0.2, 0) is 6.54 Å². The molecule has 9 heteroatoms.